The molecule has 6 heteroatoms. The quantitative estimate of drug-likeness (QED) is 0.610. The average Bonchev–Trinajstić information content (AvgIpc) is 2.76. The Kier molecular flexibility index (Phi) is 3.85. The first-order valence-electron chi connectivity index (χ1n) is 6.07. The predicted octanol–water partition coefficient (Wildman–Crippen LogP) is 1.18. The van der Waals surface area contributed by atoms with Crippen LogP contribution >= 0.6 is 0 Å². The van der Waals surface area contributed by atoms with E-state index in [9.17, 15) is 13.2 Å². The smallest absolute Gasteiger partial charge is 0.267 e. The number of rotatable bonds is 3. The van der Waals surface area contributed by atoms with Crippen LogP contribution in [0.1, 0.15) is 38.5 Å². The van der Waals surface area contributed by atoms with Crippen molar-refractivity contribution in [1.82, 2.24) is 0 Å². The van der Waals surface area contributed by atoms with Gasteiger partial charge in [0.1, 0.15) is 12.4 Å². The van der Waals surface area contributed by atoms with Gasteiger partial charge in [-0.1, -0.05) is 0 Å². The molecule has 17 heavy (non-hydrogen) atoms. The monoisotopic (exact) mass is 262 g/mol. The first-order valence-corrected chi connectivity index (χ1v) is 7.58. The Morgan fingerprint density at radius 2 is 1.71 bits per heavy atom. The lowest BCUT2D eigenvalue weighted by Crippen LogP contribution is -2.31. The van der Waals surface area contributed by atoms with E-state index in [1.165, 1.54) is 0 Å². The summed E-state index contributed by atoms with van der Waals surface area (Å²) in [7, 11) is -3.89. The first-order chi connectivity index (χ1) is 8.00. The molecule has 0 aromatic carbocycles. The zero-order valence-corrected chi connectivity index (χ0v) is 10.4. The third-order valence-corrected chi connectivity index (χ3v) is 5.22. The van der Waals surface area contributed by atoms with Crippen molar-refractivity contribution in [3.8, 4) is 0 Å². The molecule has 0 aromatic rings. The van der Waals surface area contributed by atoms with Crippen molar-refractivity contribution in [3.63, 3.8) is 0 Å². The van der Waals surface area contributed by atoms with E-state index >= 15 is 0 Å². The molecule has 1 aliphatic carbocycles. The third-order valence-electron chi connectivity index (χ3n) is 3.90. The maximum absolute atomic E-state index is 11.0. The van der Waals surface area contributed by atoms with E-state index in [-0.39, 0.29) is 12.2 Å². The standard InChI is InChI=1S/C11H18O5S/c12-7-9-3-6-11(16-9)8-1-4-10(5-2-8)17(13,14)15/h7-11H,1-6H2,(H,13,14,15). The van der Waals surface area contributed by atoms with Crippen LogP contribution < -0.4 is 0 Å². The summed E-state index contributed by atoms with van der Waals surface area (Å²) in [4.78, 5) is 10.6. The summed E-state index contributed by atoms with van der Waals surface area (Å²) < 4.78 is 36.5. The molecule has 0 amide bonds. The lowest BCUT2D eigenvalue weighted by atomic mass is 9.84. The molecule has 2 aliphatic rings. The van der Waals surface area contributed by atoms with E-state index in [4.69, 9.17) is 9.29 Å². The van der Waals surface area contributed by atoms with Crippen LogP contribution in [-0.4, -0.2) is 36.7 Å². The zero-order chi connectivity index (χ0) is 12.5. The van der Waals surface area contributed by atoms with Crippen molar-refractivity contribution in [2.75, 3.05) is 0 Å². The van der Waals surface area contributed by atoms with Gasteiger partial charge in [0.2, 0.25) is 0 Å². The van der Waals surface area contributed by atoms with Gasteiger partial charge in [0.15, 0.2) is 0 Å². The fourth-order valence-corrected chi connectivity index (χ4v) is 3.76. The lowest BCUT2D eigenvalue weighted by molar-refractivity contribution is -0.118. The molecule has 1 N–H and O–H groups in total. The fourth-order valence-electron chi connectivity index (χ4n) is 2.89. The zero-order valence-electron chi connectivity index (χ0n) is 9.62. The average molecular weight is 262 g/mol. The minimum absolute atomic E-state index is 0.0903. The highest BCUT2D eigenvalue weighted by atomic mass is 32.2. The molecule has 1 saturated heterocycles. The fraction of sp³-hybridized carbons (Fsp3) is 0.909. The van der Waals surface area contributed by atoms with Crippen LogP contribution in [-0.2, 0) is 19.6 Å². The van der Waals surface area contributed by atoms with E-state index in [0.29, 0.717) is 18.8 Å². The Bertz CT molecular complexity index is 369. The summed E-state index contributed by atoms with van der Waals surface area (Å²) in [6.07, 6.45) is 4.79. The van der Waals surface area contributed by atoms with Crippen LogP contribution in [0.5, 0.6) is 0 Å². The molecule has 0 radical (unpaired) electrons. The van der Waals surface area contributed by atoms with Crippen LogP contribution in [0.15, 0.2) is 0 Å². The van der Waals surface area contributed by atoms with Gasteiger partial charge in [-0.2, -0.15) is 8.42 Å². The van der Waals surface area contributed by atoms with Gasteiger partial charge in [-0.3, -0.25) is 4.55 Å². The third kappa shape index (κ3) is 3.05. The number of hydrogen-bond donors (Lipinski definition) is 1. The molecule has 0 spiro atoms. The second-order valence-corrected chi connectivity index (χ2v) is 6.67. The van der Waals surface area contributed by atoms with Crippen LogP contribution in [0.25, 0.3) is 0 Å². The van der Waals surface area contributed by atoms with Crippen molar-refractivity contribution < 1.29 is 22.5 Å². The molecule has 98 valence electrons. The van der Waals surface area contributed by atoms with Crippen molar-refractivity contribution in [3.05, 3.63) is 0 Å². The molecule has 0 bridgehead atoms. The van der Waals surface area contributed by atoms with E-state index in [1.54, 1.807) is 0 Å². The summed E-state index contributed by atoms with van der Waals surface area (Å²) in [5.41, 5.74) is 0. The molecular formula is C11H18O5S. The van der Waals surface area contributed by atoms with E-state index in [2.05, 4.69) is 0 Å². The van der Waals surface area contributed by atoms with Crippen molar-refractivity contribution in [2.24, 2.45) is 5.92 Å². The van der Waals surface area contributed by atoms with Gasteiger partial charge < -0.3 is 9.53 Å². The number of carbonyl (C=O) groups is 1. The van der Waals surface area contributed by atoms with Gasteiger partial charge in [-0.25, -0.2) is 0 Å². The molecule has 0 aromatic heterocycles. The molecule has 1 heterocycles. The predicted molar refractivity (Wildman–Crippen MR) is 61.3 cm³/mol. The Morgan fingerprint density at radius 3 is 2.18 bits per heavy atom. The molecule has 1 saturated carbocycles. The molecule has 2 rings (SSSR count). The summed E-state index contributed by atoms with van der Waals surface area (Å²) in [6.45, 7) is 0. The molecule has 2 fully saturated rings. The maximum Gasteiger partial charge on any atom is 0.267 e. The first kappa shape index (κ1) is 13.0. The molecule has 5 nitrogen and oxygen atoms in total. The van der Waals surface area contributed by atoms with E-state index < -0.39 is 15.4 Å². The summed E-state index contributed by atoms with van der Waals surface area (Å²) in [6, 6.07) is 0. The van der Waals surface area contributed by atoms with Crippen LogP contribution in [0.4, 0.5) is 0 Å². The normalized spacial score (nSPS) is 39.1. The molecular weight excluding hydrogens is 244 g/mol. The van der Waals surface area contributed by atoms with Crippen LogP contribution in [0, 0.1) is 5.92 Å². The summed E-state index contributed by atoms with van der Waals surface area (Å²) in [5.74, 6) is 0.331. The van der Waals surface area contributed by atoms with E-state index in [1.807, 2.05) is 0 Å². The van der Waals surface area contributed by atoms with Crippen LogP contribution in [0.3, 0.4) is 0 Å². The second-order valence-electron chi connectivity index (χ2n) is 4.98. The number of ether oxygens (including phenoxy) is 1. The van der Waals surface area contributed by atoms with Gasteiger partial charge in [0.25, 0.3) is 10.1 Å². The van der Waals surface area contributed by atoms with Crippen molar-refractivity contribution >= 4 is 16.4 Å². The lowest BCUT2D eigenvalue weighted by Gasteiger charge is -2.30. The SMILES string of the molecule is O=CC1CCC(C2CCC(S(=O)(=O)O)CC2)O1. The summed E-state index contributed by atoms with van der Waals surface area (Å²) in [5, 5.41) is -0.609. The highest BCUT2D eigenvalue weighted by molar-refractivity contribution is 7.86. The van der Waals surface area contributed by atoms with Crippen molar-refractivity contribution in [1.29, 1.82) is 0 Å². The Balaban J connectivity index is 1.86. The Morgan fingerprint density at radius 1 is 1.06 bits per heavy atom. The molecule has 2 unspecified atom stereocenters. The number of aldehydes is 1. The van der Waals surface area contributed by atoms with Gasteiger partial charge in [-0.15, -0.1) is 0 Å². The highest BCUT2D eigenvalue weighted by Crippen LogP contribution is 2.36. The van der Waals surface area contributed by atoms with Gasteiger partial charge in [0.05, 0.1) is 11.4 Å². The topological polar surface area (TPSA) is 80.7 Å². The minimum atomic E-state index is -3.89. The molecule has 1 aliphatic heterocycles. The Hall–Kier alpha value is -0.460. The van der Waals surface area contributed by atoms with Gasteiger partial charge in [0, 0.05) is 0 Å². The number of carbonyl (C=O) groups excluding carboxylic acids is 1. The highest BCUT2D eigenvalue weighted by Gasteiger charge is 2.36. The van der Waals surface area contributed by atoms with E-state index in [0.717, 1.165) is 32.0 Å². The van der Waals surface area contributed by atoms with Gasteiger partial charge >= 0.3 is 0 Å². The maximum atomic E-state index is 11.0. The van der Waals surface area contributed by atoms with Gasteiger partial charge in [-0.05, 0) is 44.4 Å². The number of hydrogen-bond acceptors (Lipinski definition) is 4. The summed E-state index contributed by atoms with van der Waals surface area (Å²) >= 11 is 0. The van der Waals surface area contributed by atoms with Crippen molar-refractivity contribution in [2.45, 2.75) is 56.0 Å². The van der Waals surface area contributed by atoms with Crippen LogP contribution in [0.2, 0.25) is 0 Å². The largest absolute Gasteiger partial charge is 0.367 e. The second kappa shape index (κ2) is 5.04. The molecule has 2 atom stereocenters. The Labute approximate surface area is 101 Å². The minimum Gasteiger partial charge on any atom is -0.367 e.